The Balaban J connectivity index is 1.82. The Bertz CT molecular complexity index is 331. The predicted molar refractivity (Wildman–Crippen MR) is 71.7 cm³/mol. The van der Waals surface area contributed by atoms with Gasteiger partial charge in [-0.15, -0.1) is 22.9 Å². The summed E-state index contributed by atoms with van der Waals surface area (Å²) in [5.74, 6) is 0.723. The topological polar surface area (TPSA) is 24.9 Å². The summed E-state index contributed by atoms with van der Waals surface area (Å²) in [6.45, 7) is 5.20. The number of halogens is 1. The van der Waals surface area contributed by atoms with Crippen molar-refractivity contribution in [2.24, 2.45) is 5.92 Å². The van der Waals surface area contributed by atoms with Crippen LogP contribution in [0.15, 0.2) is 0 Å². The van der Waals surface area contributed by atoms with Gasteiger partial charge < -0.3 is 5.32 Å². The fourth-order valence-electron chi connectivity index (χ4n) is 2.19. The van der Waals surface area contributed by atoms with E-state index in [4.69, 9.17) is 11.6 Å². The highest BCUT2D eigenvalue weighted by Crippen LogP contribution is 2.28. The number of aryl methyl sites for hydroxylation is 2. The Morgan fingerprint density at radius 1 is 1.44 bits per heavy atom. The van der Waals surface area contributed by atoms with Gasteiger partial charge in [0.2, 0.25) is 0 Å². The van der Waals surface area contributed by atoms with Gasteiger partial charge in [0.25, 0.3) is 0 Å². The third-order valence-corrected chi connectivity index (χ3v) is 4.72. The molecule has 0 amide bonds. The summed E-state index contributed by atoms with van der Waals surface area (Å²) in [5, 5.41) is 4.90. The molecule has 16 heavy (non-hydrogen) atoms. The number of alkyl halides is 1. The fourth-order valence-corrected chi connectivity index (χ4v) is 3.42. The van der Waals surface area contributed by atoms with Crippen LogP contribution in [0.3, 0.4) is 0 Å². The Kier molecular flexibility index (Phi) is 4.09. The van der Waals surface area contributed by atoms with Crippen molar-refractivity contribution in [1.29, 1.82) is 0 Å². The van der Waals surface area contributed by atoms with Gasteiger partial charge >= 0.3 is 0 Å². The summed E-state index contributed by atoms with van der Waals surface area (Å²) in [6, 6.07) is 0. The minimum absolute atomic E-state index is 0.389. The number of thiazole rings is 1. The lowest BCUT2D eigenvalue weighted by molar-refractivity contribution is 0.378. The van der Waals surface area contributed by atoms with Crippen molar-refractivity contribution in [1.82, 2.24) is 4.98 Å². The van der Waals surface area contributed by atoms with Crippen molar-refractivity contribution in [3.05, 3.63) is 10.6 Å². The van der Waals surface area contributed by atoms with E-state index in [1.54, 1.807) is 11.3 Å². The van der Waals surface area contributed by atoms with Crippen molar-refractivity contribution in [3.63, 3.8) is 0 Å². The number of rotatable bonds is 3. The van der Waals surface area contributed by atoms with E-state index >= 15 is 0 Å². The molecule has 2 atom stereocenters. The van der Waals surface area contributed by atoms with E-state index in [1.807, 2.05) is 0 Å². The second-order valence-corrected chi connectivity index (χ2v) is 6.49. The summed E-state index contributed by atoms with van der Waals surface area (Å²) in [7, 11) is 0. The van der Waals surface area contributed by atoms with E-state index in [1.165, 1.54) is 24.1 Å². The normalized spacial score (nSPS) is 25.7. The molecule has 1 aliphatic carbocycles. The molecule has 1 aromatic heterocycles. The first-order chi connectivity index (χ1) is 7.65. The van der Waals surface area contributed by atoms with E-state index in [9.17, 15) is 0 Å². The monoisotopic (exact) mass is 258 g/mol. The number of nitrogens with zero attached hydrogens (tertiary/aromatic N) is 1. The molecule has 2 rings (SSSR count). The minimum Gasteiger partial charge on any atom is -0.361 e. The highest BCUT2D eigenvalue weighted by molar-refractivity contribution is 7.15. The molecule has 90 valence electrons. The average Bonchev–Trinajstić information content (AvgIpc) is 2.56. The molecule has 1 N–H and O–H groups in total. The zero-order chi connectivity index (χ0) is 11.5. The second-order valence-electron chi connectivity index (χ2n) is 4.67. The van der Waals surface area contributed by atoms with Gasteiger partial charge in [0.15, 0.2) is 5.13 Å². The maximum Gasteiger partial charge on any atom is 0.183 e. The van der Waals surface area contributed by atoms with E-state index in [2.05, 4.69) is 24.1 Å². The molecule has 1 fully saturated rings. The van der Waals surface area contributed by atoms with Gasteiger partial charge in [-0.2, -0.15) is 0 Å². The van der Waals surface area contributed by atoms with Crippen molar-refractivity contribution >= 4 is 28.1 Å². The first-order valence-corrected chi connectivity index (χ1v) is 7.22. The summed E-state index contributed by atoms with van der Waals surface area (Å²) >= 11 is 7.93. The third kappa shape index (κ3) is 3.11. The first-order valence-electron chi connectivity index (χ1n) is 5.97. The van der Waals surface area contributed by atoms with Crippen LogP contribution in [0.25, 0.3) is 0 Å². The van der Waals surface area contributed by atoms with Crippen LogP contribution in [0.5, 0.6) is 0 Å². The van der Waals surface area contributed by atoms with Gasteiger partial charge in [-0.3, -0.25) is 0 Å². The van der Waals surface area contributed by atoms with Crippen molar-refractivity contribution in [3.8, 4) is 0 Å². The van der Waals surface area contributed by atoms with E-state index in [-0.39, 0.29) is 0 Å². The highest BCUT2D eigenvalue weighted by atomic mass is 35.5. The molecule has 4 heteroatoms. The van der Waals surface area contributed by atoms with Crippen LogP contribution in [0.1, 0.15) is 36.3 Å². The smallest absolute Gasteiger partial charge is 0.183 e. The molecule has 0 radical (unpaired) electrons. The molecule has 1 saturated carbocycles. The first kappa shape index (κ1) is 12.2. The Labute approximate surface area is 106 Å². The summed E-state index contributed by atoms with van der Waals surface area (Å²) in [6.07, 6.45) is 4.92. The van der Waals surface area contributed by atoms with Crippen LogP contribution in [0.4, 0.5) is 5.13 Å². The molecule has 0 spiro atoms. The zero-order valence-electron chi connectivity index (χ0n) is 9.92. The molecule has 2 unspecified atom stereocenters. The van der Waals surface area contributed by atoms with Gasteiger partial charge in [0, 0.05) is 16.8 Å². The lowest BCUT2D eigenvalue weighted by Gasteiger charge is -2.25. The van der Waals surface area contributed by atoms with E-state index in [0.29, 0.717) is 5.38 Å². The number of anilines is 1. The SMILES string of the molecule is Cc1nc(NCC2CCCC(Cl)C2)sc1C. The molecular formula is C12H19ClN2S. The van der Waals surface area contributed by atoms with Crippen LogP contribution in [0.2, 0.25) is 0 Å². The van der Waals surface area contributed by atoms with Gasteiger partial charge in [0.1, 0.15) is 0 Å². The minimum atomic E-state index is 0.389. The van der Waals surface area contributed by atoms with Crippen LogP contribution < -0.4 is 5.32 Å². The van der Waals surface area contributed by atoms with Crippen LogP contribution in [-0.2, 0) is 0 Å². The Morgan fingerprint density at radius 3 is 2.88 bits per heavy atom. The molecule has 1 aliphatic rings. The average molecular weight is 259 g/mol. The quantitative estimate of drug-likeness (QED) is 0.830. The number of aromatic nitrogens is 1. The molecule has 0 bridgehead atoms. The fraction of sp³-hybridized carbons (Fsp3) is 0.750. The number of hydrogen-bond acceptors (Lipinski definition) is 3. The molecule has 1 aromatic rings. The Hall–Kier alpha value is -0.280. The largest absolute Gasteiger partial charge is 0.361 e. The van der Waals surface area contributed by atoms with Gasteiger partial charge in [-0.1, -0.05) is 6.42 Å². The predicted octanol–water partition coefficient (Wildman–Crippen LogP) is 3.97. The van der Waals surface area contributed by atoms with Gasteiger partial charge in [-0.25, -0.2) is 4.98 Å². The maximum absolute atomic E-state index is 6.18. The van der Waals surface area contributed by atoms with Crippen molar-refractivity contribution in [2.75, 3.05) is 11.9 Å². The van der Waals surface area contributed by atoms with Crippen molar-refractivity contribution < 1.29 is 0 Å². The molecule has 0 aromatic carbocycles. The third-order valence-electron chi connectivity index (χ3n) is 3.29. The lowest BCUT2D eigenvalue weighted by atomic mass is 9.89. The Morgan fingerprint density at radius 2 is 2.25 bits per heavy atom. The highest BCUT2D eigenvalue weighted by Gasteiger charge is 2.20. The summed E-state index contributed by atoms with van der Waals surface area (Å²) in [4.78, 5) is 5.79. The van der Waals surface area contributed by atoms with Gasteiger partial charge in [-0.05, 0) is 39.0 Å². The zero-order valence-corrected chi connectivity index (χ0v) is 11.5. The molecule has 1 heterocycles. The molecule has 0 saturated heterocycles. The van der Waals surface area contributed by atoms with E-state index in [0.717, 1.165) is 29.7 Å². The van der Waals surface area contributed by atoms with Gasteiger partial charge in [0.05, 0.1) is 5.69 Å². The van der Waals surface area contributed by atoms with Crippen molar-refractivity contribution in [2.45, 2.75) is 44.9 Å². The summed E-state index contributed by atoms with van der Waals surface area (Å²) in [5.41, 5.74) is 1.14. The van der Waals surface area contributed by atoms with Crippen LogP contribution >= 0.6 is 22.9 Å². The lowest BCUT2D eigenvalue weighted by Crippen LogP contribution is -2.22. The molecule has 2 nitrogen and oxygen atoms in total. The standard InChI is InChI=1S/C12H19ClN2S/c1-8-9(2)16-12(15-8)14-7-10-4-3-5-11(13)6-10/h10-11H,3-7H2,1-2H3,(H,14,15). The maximum atomic E-state index is 6.18. The molecule has 0 aliphatic heterocycles. The molecular weight excluding hydrogens is 240 g/mol. The summed E-state index contributed by atoms with van der Waals surface area (Å²) < 4.78 is 0. The number of hydrogen-bond donors (Lipinski definition) is 1. The van der Waals surface area contributed by atoms with Crippen LogP contribution in [-0.4, -0.2) is 16.9 Å². The van der Waals surface area contributed by atoms with Crippen LogP contribution in [0, 0.1) is 19.8 Å². The second kappa shape index (κ2) is 5.37. The number of nitrogens with one attached hydrogen (secondary N) is 1. The van der Waals surface area contributed by atoms with E-state index < -0.39 is 0 Å².